The molecule has 0 bridgehead atoms. The Labute approximate surface area is 187 Å². The van der Waals surface area contributed by atoms with E-state index in [1.54, 1.807) is 7.11 Å². The van der Waals surface area contributed by atoms with Gasteiger partial charge in [-0.15, -0.1) is 0 Å². The first-order chi connectivity index (χ1) is 15.5. The van der Waals surface area contributed by atoms with Crippen LogP contribution >= 0.6 is 0 Å². The lowest BCUT2D eigenvalue weighted by Crippen LogP contribution is -2.47. The minimum absolute atomic E-state index is 0.110. The Bertz CT molecular complexity index is 1080. The fourth-order valence-electron chi connectivity index (χ4n) is 3.67. The third-order valence-electron chi connectivity index (χ3n) is 5.45. The number of methoxy groups -OCH3 is 1. The molecule has 0 spiro atoms. The van der Waals surface area contributed by atoms with Crippen molar-refractivity contribution in [1.82, 2.24) is 15.0 Å². The summed E-state index contributed by atoms with van der Waals surface area (Å²) in [4.78, 5) is 29.2. The van der Waals surface area contributed by atoms with Crippen LogP contribution in [0.25, 0.3) is 0 Å². The van der Waals surface area contributed by atoms with Crippen molar-refractivity contribution in [1.29, 1.82) is 0 Å². The number of rotatable bonds is 6. The third-order valence-corrected chi connectivity index (χ3v) is 5.45. The number of nitrogens with one attached hydrogen (secondary N) is 2. The molecule has 2 aromatic carbocycles. The summed E-state index contributed by atoms with van der Waals surface area (Å²) in [7, 11) is 1.67. The van der Waals surface area contributed by atoms with Crippen molar-refractivity contribution in [2.45, 2.75) is 13.8 Å². The van der Waals surface area contributed by atoms with E-state index in [0.29, 0.717) is 11.9 Å². The van der Waals surface area contributed by atoms with Gasteiger partial charge in [0.25, 0.3) is 0 Å². The van der Waals surface area contributed by atoms with Crippen molar-refractivity contribution in [3.8, 4) is 5.75 Å². The standard InChI is InChI=1S/C23H27N7O2/c1-16-20(26-17(2)31)5-4-6-21(16)27-22-24-15-25-23(28-22)30-13-11-29(12-14-30)18-7-9-19(32-3)10-8-18/h4-10,15H,11-14H2,1-3H3,(H,26,31)(H,24,25,27,28). The van der Waals surface area contributed by atoms with E-state index in [1.165, 1.54) is 18.9 Å². The van der Waals surface area contributed by atoms with Gasteiger partial charge in [0.05, 0.1) is 7.11 Å². The van der Waals surface area contributed by atoms with Gasteiger partial charge in [0, 0.05) is 50.2 Å². The van der Waals surface area contributed by atoms with Crippen LogP contribution in [0.3, 0.4) is 0 Å². The van der Waals surface area contributed by atoms with Crippen LogP contribution in [-0.4, -0.2) is 54.1 Å². The first-order valence-corrected chi connectivity index (χ1v) is 10.5. The Morgan fingerprint density at radius 2 is 1.66 bits per heavy atom. The van der Waals surface area contributed by atoms with E-state index in [9.17, 15) is 4.79 Å². The van der Waals surface area contributed by atoms with Crippen LogP contribution in [0.1, 0.15) is 12.5 Å². The van der Waals surface area contributed by atoms with Crippen molar-refractivity contribution in [3.05, 3.63) is 54.4 Å². The Morgan fingerprint density at radius 3 is 2.34 bits per heavy atom. The number of anilines is 5. The van der Waals surface area contributed by atoms with Gasteiger partial charge in [0.15, 0.2) is 0 Å². The highest BCUT2D eigenvalue weighted by atomic mass is 16.5. The molecule has 0 aliphatic carbocycles. The summed E-state index contributed by atoms with van der Waals surface area (Å²) in [5.74, 6) is 1.86. The van der Waals surface area contributed by atoms with Gasteiger partial charge in [0.1, 0.15) is 12.1 Å². The molecule has 166 valence electrons. The average molecular weight is 434 g/mol. The number of ether oxygens (including phenoxy) is 1. The number of hydrogen-bond acceptors (Lipinski definition) is 8. The third kappa shape index (κ3) is 4.88. The minimum atomic E-state index is -0.110. The largest absolute Gasteiger partial charge is 0.497 e. The molecule has 0 radical (unpaired) electrons. The number of carbonyl (C=O) groups is 1. The second kappa shape index (κ2) is 9.51. The number of carbonyl (C=O) groups excluding carboxylic acids is 1. The number of piperazine rings is 1. The summed E-state index contributed by atoms with van der Waals surface area (Å²) in [5, 5.41) is 6.08. The first kappa shape index (κ1) is 21.4. The van der Waals surface area contributed by atoms with E-state index >= 15 is 0 Å². The van der Waals surface area contributed by atoms with Crippen molar-refractivity contribution in [3.63, 3.8) is 0 Å². The van der Waals surface area contributed by atoms with Gasteiger partial charge in [-0.1, -0.05) is 6.07 Å². The number of aromatic nitrogens is 3. The van der Waals surface area contributed by atoms with E-state index in [0.717, 1.165) is 48.9 Å². The molecule has 0 saturated carbocycles. The van der Waals surface area contributed by atoms with E-state index in [-0.39, 0.29) is 5.91 Å². The summed E-state index contributed by atoms with van der Waals surface area (Å²) in [6.07, 6.45) is 1.52. The molecule has 9 nitrogen and oxygen atoms in total. The van der Waals surface area contributed by atoms with Crippen molar-refractivity contribution >= 4 is 34.9 Å². The molecule has 1 fully saturated rings. The van der Waals surface area contributed by atoms with Gasteiger partial charge in [-0.05, 0) is 48.9 Å². The lowest BCUT2D eigenvalue weighted by molar-refractivity contribution is -0.114. The fourth-order valence-corrected chi connectivity index (χ4v) is 3.67. The maximum Gasteiger partial charge on any atom is 0.232 e. The quantitative estimate of drug-likeness (QED) is 0.612. The van der Waals surface area contributed by atoms with Crippen molar-refractivity contribution in [2.75, 3.05) is 53.7 Å². The van der Waals surface area contributed by atoms with Gasteiger partial charge < -0.3 is 25.2 Å². The molecule has 3 aromatic rings. The molecular weight excluding hydrogens is 406 g/mol. The Hall–Kier alpha value is -3.88. The molecule has 0 unspecified atom stereocenters. The van der Waals surface area contributed by atoms with E-state index < -0.39 is 0 Å². The van der Waals surface area contributed by atoms with Gasteiger partial charge in [-0.25, -0.2) is 9.97 Å². The van der Waals surface area contributed by atoms with Crippen LogP contribution in [0.5, 0.6) is 5.75 Å². The van der Waals surface area contributed by atoms with Gasteiger partial charge in [-0.2, -0.15) is 4.98 Å². The van der Waals surface area contributed by atoms with Crippen molar-refractivity contribution < 1.29 is 9.53 Å². The summed E-state index contributed by atoms with van der Waals surface area (Å²) < 4.78 is 5.24. The highest BCUT2D eigenvalue weighted by Gasteiger charge is 2.20. The van der Waals surface area contributed by atoms with Crippen molar-refractivity contribution in [2.24, 2.45) is 0 Å². The zero-order chi connectivity index (χ0) is 22.5. The molecule has 1 saturated heterocycles. The van der Waals surface area contributed by atoms with E-state index in [1.807, 2.05) is 37.3 Å². The van der Waals surface area contributed by atoms with E-state index in [4.69, 9.17) is 4.74 Å². The fraction of sp³-hybridized carbons (Fsp3) is 0.304. The molecule has 1 amide bonds. The highest BCUT2D eigenvalue weighted by Crippen LogP contribution is 2.26. The molecule has 4 rings (SSSR count). The first-order valence-electron chi connectivity index (χ1n) is 10.5. The normalized spacial score (nSPS) is 13.6. The van der Waals surface area contributed by atoms with Gasteiger partial charge in [-0.3, -0.25) is 4.79 Å². The molecule has 2 heterocycles. The van der Waals surface area contributed by atoms with Gasteiger partial charge in [0.2, 0.25) is 17.8 Å². The van der Waals surface area contributed by atoms with Crippen LogP contribution < -0.4 is 25.2 Å². The SMILES string of the molecule is COc1ccc(N2CCN(c3ncnc(Nc4cccc(NC(C)=O)c4C)n3)CC2)cc1. The van der Waals surface area contributed by atoms with E-state index in [2.05, 4.69) is 47.5 Å². The van der Waals surface area contributed by atoms with Crippen LogP contribution in [-0.2, 0) is 4.79 Å². The zero-order valence-electron chi connectivity index (χ0n) is 18.5. The maximum atomic E-state index is 11.4. The number of benzene rings is 2. The molecular formula is C23H27N7O2. The minimum Gasteiger partial charge on any atom is -0.497 e. The molecule has 0 atom stereocenters. The van der Waals surface area contributed by atoms with Crippen LogP contribution in [0.2, 0.25) is 0 Å². The topological polar surface area (TPSA) is 95.5 Å². The second-order valence-electron chi connectivity index (χ2n) is 7.57. The maximum absolute atomic E-state index is 11.4. The van der Waals surface area contributed by atoms with Crippen LogP contribution in [0.4, 0.5) is 29.0 Å². The molecule has 9 heteroatoms. The molecule has 1 aliphatic heterocycles. The second-order valence-corrected chi connectivity index (χ2v) is 7.57. The average Bonchev–Trinajstić information content (AvgIpc) is 2.82. The monoisotopic (exact) mass is 433 g/mol. The lowest BCUT2D eigenvalue weighted by Gasteiger charge is -2.36. The Kier molecular flexibility index (Phi) is 6.34. The summed E-state index contributed by atoms with van der Waals surface area (Å²) >= 11 is 0. The zero-order valence-corrected chi connectivity index (χ0v) is 18.5. The lowest BCUT2D eigenvalue weighted by atomic mass is 10.1. The highest BCUT2D eigenvalue weighted by molar-refractivity contribution is 5.90. The molecule has 1 aliphatic rings. The molecule has 2 N–H and O–H groups in total. The predicted octanol–water partition coefficient (Wildman–Crippen LogP) is 3.22. The van der Waals surface area contributed by atoms with Crippen LogP contribution in [0, 0.1) is 6.92 Å². The van der Waals surface area contributed by atoms with Crippen LogP contribution in [0.15, 0.2) is 48.8 Å². The number of amides is 1. The summed E-state index contributed by atoms with van der Waals surface area (Å²) in [5.41, 5.74) is 3.68. The molecule has 1 aromatic heterocycles. The Morgan fingerprint density at radius 1 is 0.969 bits per heavy atom. The summed E-state index contributed by atoms with van der Waals surface area (Å²) in [6.45, 7) is 6.80. The molecule has 32 heavy (non-hydrogen) atoms. The summed E-state index contributed by atoms with van der Waals surface area (Å²) in [6, 6.07) is 13.8. The number of nitrogens with zero attached hydrogens (tertiary/aromatic N) is 5. The number of hydrogen-bond donors (Lipinski definition) is 2. The predicted molar refractivity (Wildman–Crippen MR) is 126 cm³/mol. The van der Waals surface area contributed by atoms with Gasteiger partial charge >= 0.3 is 0 Å². The smallest absolute Gasteiger partial charge is 0.232 e. The Balaban J connectivity index is 1.42.